The molecule has 3 heterocycles. The van der Waals surface area contributed by atoms with Gasteiger partial charge in [-0.05, 0) is 80.2 Å². The van der Waals surface area contributed by atoms with Crippen LogP contribution < -0.4 is 14.8 Å². The van der Waals surface area contributed by atoms with Crippen molar-refractivity contribution in [2.75, 3.05) is 59.2 Å². The zero-order valence-electron chi connectivity index (χ0n) is 23.2. The van der Waals surface area contributed by atoms with Crippen LogP contribution in [-0.2, 0) is 13.0 Å². The third kappa shape index (κ3) is 5.57. The molecule has 1 saturated heterocycles. The number of piperazine rings is 1. The molecule has 1 N–H and O–H groups in total. The number of ether oxygens (including phenoxy) is 2. The number of rotatable bonds is 6. The van der Waals surface area contributed by atoms with E-state index in [1.165, 1.54) is 11.1 Å². The van der Waals surface area contributed by atoms with Crippen LogP contribution in [0.15, 0.2) is 60.8 Å². The van der Waals surface area contributed by atoms with Crippen molar-refractivity contribution in [1.29, 1.82) is 0 Å². The van der Waals surface area contributed by atoms with E-state index >= 15 is 0 Å². The molecule has 1 fully saturated rings. The zero-order valence-corrected chi connectivity index (χ0v) is 23.2. The second kappa shape index (κ2) is 11.1. The number of nitrogens with zero attached hydrogens (tertiary/aromatic N) is 5. The van der Waals surface area contributed by atoms with Gasteiger partial charge in [-0.3, -0.25) is 4.79 Å². The van der Waals surface area contributed by atoms with Crippen molar-refractivity contribution in [3.05, 3.63) is 77.5 Å². The van der Waals surface area contributed by atoms with Gasteiger partial charge in [0.2, 0.25) is 5.95 Å². The molecule has 0 spiro atoms. The number of benzene rings is 3. The summed E-state index contributed by atoms with van der Waals surface area (Å²) >= 11 is 0. The lowest BCUT2D eigenvalue weighted by atomic mass is 9.99. The maximum Gasteiger partial charge on any atom is 0.253 e. The summed E-state index contributed by atoms with van der Waals surface area (Å²) in [7, 11) is 5.89. The molecular weight excluding hydrogens is 504 g/mol. The third-order valence-corrected chi connectivity index (χ3v) is 7.65. The highest BCUT2D eigenvalue weighted by molar-refractivity contribution is 5.94. The third-order valence-electron chi connectivity index (χ3n) is 7.65. The van der Waals surface area contributed by atoms with Gasteiger partial charge in [0, 0.05) is 62.5 Å². The fraction of sp³-hybridized carbons (Fsp3) is 0.323. The Labute approximate surface area is 234 Å². The van der Waals surface area contributed by atoms with Crippen LogP contribution in [0.3, 0.4) is 0 Å². The highest BCUT2D eigenvalue weighted by atomic mass is 16.5. The Bertz CT molecular complexity index is 1530. The lowest BCUT2D eigenvalue weighted by molar-refractivity contribution is 0.0664. The fourth-order valence-corrected chi connectivity index (χ4v) is 5.24. The van der Waals surface area contributed by atoms with E-state index in [-0.39, 0.29) is 5.91 Å². The molecule has 4 aromatic rings. The monoisotopic (exact) mass is 538 g/mol. The number of carbonyl (C=O) groups is 1. The van der Waals surface area contributed by atoms with E-state index in [2.05, 4.69) is 46.3 Å². The fourth-order valence-electron chi connectivity index (χ4n) is 5.24. The summed E-state index contributed by atoms with van der Waals surface area (Å²) in [5.74, 6) is 2.64. The number of methoxy groups -OCH3 is 1. The number of hydrogen-bond acceptors (Lipinski definition) is 8. The van der Waals surface area contributed by atoms with Gasteiger partial charge in [0.25, 0.3) is 5.91 Å². The predicted octanol–water partition coefficient (Wildman–Crippen LogP) is 4.55. The van der Waals surface area contributed by atoms with Gasteiger partial charge in [-0.15, -0.1) is 0 Å². The summed E-state index contributed by atoms with van der Waals surface area (Å²) in [6, 6.07) is 17.3. The van der Waals surface area contributed by atoms with Gasteiger partial charge in [-0.25, -0.2) is 9.97 Å². The van der Waals surface area contributed by atoms with E-state index in [0.717, 1.165) is 68.0 Å². The van der Waals surface area contributed by atoms with Crippen LogP contribution >= 0.6 is 0 Å². The van der Waals surface area contributed by atoms with E-state index in [1.54, 1.807) is 13.3 Å². The molecule has 0 saturated carbocycles. The maximum atomic E-state index is 12.8. The molecule has 0 atom stereocenters. The van der Waals surface area contributed by atoms with Crippen molar-refractivity contribution >= 4 is 28.4 Å². The average Bonchev–Trinajstić information content (AvgIpc) is 2.97. The summed E-state index contributed by atoms with van der Waals surface area (Å²) in [4.78, 5) is 28.6. The normalized spacial score (nSPS) is 16.0. The second-order valence-electron chi connectivity index (χ2n) is 10.6. The molecule has 9 heteroatoms. The van der Waals surface area contributed by atoms with Crippen molar-refractivity contribution < 1.29 is 14.3 Å². The van der Waals surface area contributed by atoms with Crippen LogP contribution in [0.25, 0.3) is 10.9 Å². The minimum absolute atomic E-state index is 0.0599. The average molecular weight is 539 g/mol. The number of likely N-dealkylation sites (N-methyl/N-ethyl adjacent to an activating group) is 2. The Morgan fingerprint density at radius 1 is 0.875 bits per heavy atom. The van der Waals surface area contributed by atoms with Gasteiger partial charge >= 0.3 is 0 Å². The van der Waals surface area contributed by atoms with Crippen molar-refractivity contribution in [2.24, 2.45) is 0 Å². The molecule has 1 aromatic heterocycles. The highest BCUT2D eigenvalue weighted by Gasteiger charge is 2.20. The quantitative estimate of drug-likeness (QED) is 0.383. The molecule has 1 amide bonds. The number of carbonyl (C=O) groups excluding carboxylic acids is 1. The van der Waals surface area contributed by atoms with Crippen molar-refractivity contribution in [3.63, 3.8) is 0 Å². The minimum Gasteiger partial charge on any atom is -0.495 e. The molecule has 6 rings (SSSR count). The van der Waals surface area contributed by atoms with Gasteiger partial charge in [-0.2, -0.15) is 0 Å². The van der Waals surface area contributed by atoms with Crippen LogP contribution in [0.5, 0.6) is 17.2 Å². The van der Waals surface area contributed by atoms with Crippen molar-refractivity contribution in [1.82, 2.24) is 24.7 Å². The smallest absolute Gasteiger partial charge is 0.253 e. The van der Waals surface area contributed by atoms with Crippen LogP contribution in [0, 0.1) is 0 Å². The van der Waals surface area contributed by atoms with Gasteiger partial charge in [0.1, 0.15) is 17.2 Å². The number of anilines is 2. The SMILES string of the molecule is COc1cc2c(cc1Nc1ncc3ccc(Oc4ccc(C(=O)N5CCN(C)CC5)cc4)cc3n1)CN(C)CC2. The van der Waals surface area contributed by atoms with E-state index in [1.807, 2.05) is 47.4 Å². The first-order chi connectivity index (χ1) is 19.4. The molecule has 0 bridgehead atoms. The summed E-state index contributed by atoms with van der Waals surface area (Å²) < 4.78 is 11.8. The van der Waals surface area contributed by atoms with Gasteiger partial charge in [0.15, 0.2) is 0 Å². The van der Waals surface area contributed by atoms with E-state index < -0.39 is 0 Å². The molecule has 2 aliphatic heterocycles. The van der Waals surface area contributed by atoms with Crippen LogP contribution in [-0.4, -0.2) is 84.5 Å². The second-order valence-corrected chi connectivity index (χ2v) is 10.6. The largest absolute Gasteiger partial charge is 0.495 e. The lowest BCUT2D eigenvalue weighted by Crippen LogP contribution is -2.47. The molecular formula is C31H34N6O3. The van der Waals surface area contributed by atoms with Crippen molar-refractivity contribution in [3.8, 4) is 17.2 Å². The topological polar surface area (TPSA) is 83.1 Å². The number of amides is 1. The van der Waals surface area contributed by atoms with Crippen LogP contribution in [0.4, 0.5) is 11.6 Å². The summed E-state index contributed by atoms with van der Waals surface area (Å²) in [5.41, 5.74) is 4.87. The minimum atomic E-state index is 0.0599. The summed E-state index contributed by atoms with van der Waals surface area (Å²) in [5, 5.41) is 4.26. The van der Waals surface area contributed by atoms with Gasteiger partial charge < -0.3 is 29.5 Å². The van der Waals surface area contributed by atoms with Crippen molar-refractivity contribution in [2.45, 2.75) is 13.0 Å². The molecule has 0 radical (unpaired) electrons. The van der Waals surface area contributed by atoms with E-state index in [9.17, 15) is 4.79 Å². The predicted molar refractivity (Wildman–Crippen MR) is 156 cm³/mol. The van der Waals surface area contributed by atoms with Gasteiger partial charge in [0.05, 0.1) is 18.3 Å². The number of aromatic nitrogens is 2. The zero-order chi connectivity index (χ0) is 27.6. The number of fused-ring (bicyclic) bond motifs is 2. The first-order valence-corrected chi connectivity index (χ1v) is 13.6. The Balaban J connectivity index is 1.17. The lowest BCUT2D eigenvalue weighted by Gasteiger charge is -2.32. The number of hydrogen-bond donors (Lipinski definition) is 1. The first-order valence-electron chi connectivity index (χ1n) is 13.6. The highest BCUT2D eigenvalue weighted by Crippen LogP contribution is 2.33. The van der Waals surface area contributed by atoms with Crippen LogP contribution in [0.1, 0.15) is 21.5 Å². The summed E-state index contributed by atoms with van der Waals surface area (Å²) in [6.45, 7) is 5.24. The molecule has 0 aliphatic carbocycles. The molecule has 2 aliphatic rings. The van der Waals surface area contributed by atoms with Gasteiger partial charge in [-0.1, -0.05) is 0 Å². The maximum absolute atomic E-state index is 12.8. The van der Waals surface area contributed by atoms with E-state index in [4.69, 9.17) is 14.5 Å². The Morgan fingerprint density at radius 2 is 1.65 bits per heavy atom. The molecule has 3 aromatic carbocycles. The van der Waals surface area contributed by atoms with Crippen LogP contribution in [0.2, 0.25) is 0 Å². The Morgan fingerprint density at radius 3 is 2.42 bits per heavy atom. The number of nitrogens with one attached hydrogen (secondary N) is 1. The summed E-state index contributed by atoms with van der Waals surface area (Å²) in [6.07, 6.45) is 2.80. The molecule has 0 unspecified atom stereocenters. The van der Waals surface area contributed by atoms with E-state index in [0.29, 0.717) is 23.0 Å². The molecule has 40 heavy (non-hydrogen) atoms. The standard InChI is InChI=1S/C31H34N6O3/c1-35-12-14-37(15-13-35)30(38)21-4-7-25(8-5-21)40-26-9-6-23-19-32-31(33-27(23)18-26)34-28-16-24-20-36(2)11-10-22(24)17-29(28)39-3/h4-9,16-19H,10-15,20H2,1-3H3,(H,32,33,34). The Kier molecular flexibility index (Phi) is 7.23. The first kappa shape index (κ1) is 26.0. The molecule has 9 nitrogen and oxygen atoms in total. The molecule has 206 valence electrons. The Hall–Kier alpha value is -4.21.